The molecule has 4 rings (SSSR count). The molecular weight excluding hydrogens is 448 g/mol. The summed E-state index contributed by atoms with van der Waals surface area (Å²) in [6.45, 7) is 2.38. The first-order valence-corrected chi connectivity index (χ1v) is 13.0. The minimum absolute atomic E-state index is 0.00945. The number of thiazole rings is 1. The van der Waals surface area contributed by atoms with E-state index in [9.17, 15) is 13.2 Å². The number of fused-ring (bicyclic) bond motifs is 1. The van der Waals surface area contributed by atoms with Gasteiger partial charge in [0, 0.05) is 11.6 Å². The number of H-pyrrole nitrogens is 1. The van der Waals surface area contributed by atoms with Crippen molar-refractivity contribution in [2.45, 2.75) is 39.4 Å². The molecule has 0 saturated heterocycles. The van der Waals surface area contributed by atoms with Crippen LogP contribution in [0.3, 0.4) is 0 Å². The molecule has 0 fully saturated rings. The Labute approximate surface area is 190 Å². The molecule has 1 aliphatic carbocycles. The summed E-state index contributed by atoms with van der Waals surface area (Å²) in [6.07, 6.45) is 6.90. The Kier molecular flexibility index (Phi) is 6.59. The van der Waals surface area contributed by atoms with E-state index in [-0.39, 0.29) is 12.2 Å². The predicted molar refractivity (Wildman–Crippen MR) is 125 cm³/mol. The second-order valence-corrected chi connectivity index (χ2v) is 10.2. The van der Waals surface area contributed by atoms with Crippen molar-refractivity contribution >= 4 is 33.1 Å². The van der Waals surface area contributed by atoms with E-state index in [0.717, 1.165) is 52.1 Å². The van der Waals surface area contributed by atoms with E-state index in [1.165, 1.54) is 0 Å². The lowest BCUT2D eigenvalue weighted by atomic mass is 9.88. The van der Waals surface area contributed by atoms with Gasteiger partial charge in [-0.05, 0) is 47.6 Å². The number of benzene rings is 1. The maximum atomic E-state index is 12.7. The van der Waals surface area contributed by atoms with Crippen LogP contribution in [-0.4, -0.2) is 24.6 Å². The monoisotopic (exact) mass is 472 g/mol. The fraction of sp³-hybridized carbons (Fsp3) is 0.304. The molecule has 2 aromatic heterocycles. The zero-order valence-corrected chi connectivity index (χ0v) is 19.5. The third-order valence-electron chi connectivity index (χ3n) is 5.20. The lowest BCUT2D eigenvalue weighted by molar-refractivity contribution is 0.303. The summed E-state index contributed by atoms with van der Waals surface area (Å²) in [6, 6.07) is 7.49. The SMILES string of the molecule is CCc1csc(COc2cc[nH]c(=O)c2C2=Cc3ccc(COS(C)(=O)=O)cc3CC2)n1. The fourth-order valence-electron chi connectivity index (χ4n) is 3.61. The van der Waals surface area contributed by atoms with Crippen molar-refractivity contribution in [1.82, 2.24) is 9.97 Å². The van der Waals surface area contributed by atoms with Gasteiger partial charge in [-0.2, -0.15) is 8.42 Å². The molecule has 0 radical (unpaired) electrons. The highest BCUT2D eigenvalue weighted by molar-refractivity contribution is 7.85. The van der Waals surface area contributed by atoms with Crippen LogP contribution in [0.2, 0.25) is 0 Å². The summed E-state index contributed by atoms with van der Waals surface area (Å²) in [5, 5.41) is 2.90. The molecule has 32 heavy (non-hydrogen) atoms. The zero-order chi connectivity index (χ0) is 22.7. The van der Waals surface area contributed by atoms with Gasteiger partial charge in [0.15, 0.2) is 0 Å². The van der Waals surface area contributed by atoms with E-state index in [1.807, 2.05) is 29.7 Å². The molecule has 7 nitrogen and oxygen atoms in total. The van der Waals surface area contributed by atoms with E-state index in [0.29, 0.717) is 24.3 Å². The van der Waals surface area contributed by atoms with Crippen molar-refractivity contribution < 1.29 is 17.3 Å². The summed E-state index contributed by atoms with van der Waals surface area (Å²) in [5.74, 6) is 0.537. The highest BCUT2D eigenvalue weighted by Gasteiger charge is 2.19. The van der Waals surface area contributed by atoms with Crippen LogP contribution < -0.4 is 10.3 Å². The minimum Gasteiger partial charge on any atom is -0.486 e. The van der Waals surface area contributed by atoms with Crippen LogP contribution in [0.1, 0.15) is 46.3 Å². The van der Waals surface area contributed by atoms with Crippen molar-refractivity contribution in [3.05, 3.63) is 79.2 Å². The average molecular weight is 473 g/mol. The predicted octanol–water partition coefficient (Wildman–Crippen LogP) is 3.94. The smallest absolute Gasteiger partial charge is 0.264 e. The van der Waals surface area contributed by atoms with Gasteiger partial charge in [-0.3, -0.25) is 8.98 Å². The Hall–Kier alpha value is -2.75. The molecule has 2 heterocycles. The Balaban J connectivity index is 1.57. The van der Waals surface area contributed by atoms with Gasteiger partial charge in [-0.15, -0.1) is 11.3 Å². The molecule has 0 aliphatic heterocycles. The van der Waals surface area contributed by atoms with Crippen molar-refractivity contribution in [1.29, 1.82) is 0 Å². The number of ether oxygens (including phenoxy) is 1. The maximum Gasteiger partial charge on any atom is 0.264 e. The normalized spacial score (nSPS) is 13.5. The van der Waals surface area contributed by atoms with E-state index < -0.39 is 10.1 Å². The Morgan fingerprint density at radius 1 is 1.19 bits per heavy atom. The van der Waals surface area contributed by atoms with Crippen molar-refractivity contribution in [2.75, 3.05) is 6.26 Å². The van der Waals surface area contributed by atoms with Gasteiger partial charge >= 0.3 is 0 Å². The molecule has 1 aromatic carbocycles. The van der Waals surface area contributed by atoms with Crippen LogP contribution in [0.5, 0.6) is 5.75 Å². The van der Waals surface area contributed by atoms with Crippen LogP contribution >= 0.6 is 11.3 Å². The average Bonchev–Trinajstić information content (AvgIpc) is 3.23. The number of allylic oxidation sites excluding steroid dienone is 1. The summed E-state index contributed by atoms with van der Waals surface area (Å²) >= 11 is 1.55. The highest BCUT2D eigenvalue weighted by Crippen LogP contribution is 2.33. The van der Waals surface area contributed by atoms with Crippen molar-refractivity contribution in [3.63, 3.8) is 0 Å². The Bertz CT molecular complexity index is 1320. The molecule has 3 aromatic rings. The van der Waals surface area contributed by atoms with Gasteiger partial charge < -0.3 is 9.72 Å². The molecule has 0 amide bonds. The molecule has 1 N–H and O–H groups in total. The fourth-order valence-corrected chi connectivity index (χ4v) is 4.75. The summed E-state index contributed by atoms with van der Waals surface area (Å²) < 4.78 is 33.4. The van der Waals surface area contributed by atoms with Crippen LogP contribution in [0, 0.1) is 0 Å². The van der Waals surface area contributed by atoms with Crippen molar-refractivity contribution in [3.8, 4) is 5.75 Å². The lowest BCUT2D eigenvalue weighted by Gasteiger charge is -2.19. The number of nitrogens with zero attached hydrogens (tertiary/aromatic N) is 1. The zero-order valence-electron chi connectivity index (χ0n) is 17.9. The van der Waals surface area contributed by atoms with Gasteiger partial charge in [-0.1, -0.05) is 31.2 Å². The number of hydrogen-bond acceptors (Lipinski definition) is 7. The molecular formula is C23H24N2O5S2. The number of pyridine rings is 1. The molecule has 0 bridgehead atoms. The second kappa shape index (κ2) is 9.40. The minimum atomic E-state index is -3.49. The van der Waals surface area contributed by atoms with E-state index in [4.69, 9.17) is 8.92 Å². The van der Waals surface area contributed by atoms with E-state index >= 15 is 0 Å². The Morgan fingerprint density at radius 2 is 2.03 bits per heavy atom. The number of hydrogen-bond donors (Lipinski definition) is 1. The van der Waals surface area contributed by atoms with E-state index in [1.54, 1.807) is 23.6 Å². The van der Waals surface area contributed by atoms with E-state index in [2.05, 4.69) is 16.9 Å². The summed E-state index contributed by atoms with van der Waals surface area (Å²) in [7, 11) is -3.49. The van der Waals surface area contributed by atoms with Gasteiger partial charge in [-0.25, -0.2) is 4.98 Å². The molecule has 0 saturated carbocycles. The first-order chi connectivity index (χ1) is 15.3. The molecule has 0 atom stereocenters. The first kappa shape index (κ1) is 22.4. The number of aromatic nitrogens is 2. The molecule has 9 heteroatoms. The summed E-state index contributed by atoms with van der Waals surface area (Å²) in [4.78, 5) is 20.0. The molecule has 1 aliphatic rings. The quantitative estimate of drug-likeness (QED) is 0.499. The second-order valence-electron chi connectivity index (χ2n) is 7.59. The third kappa shape index (κ3) is 5.35. The van der Waals surface area contributed by atoms with Crippen LogP contribution in [0.4, 0.5) is 0 Å². The van der Waals surface area contributed by atoms with Gasteiger partial charge in [0.1, 0.15) is 17.4 Å². The van der Waals surface area contributed by atoms with Crippen LogP contribution in [0.25, 0.3) is 11.6 Å². The standard InChI is InChI=1S/C23H24N2O5S2/c1-3-19-14-31-21(25-19)13-29-20-8-9-24-23(26)22(20)18-7-6-16-10-15(4-5-17(16)11-18)12-30-32(2,27)28/h4-5,8-11,14H,3,6-7,12-13H2,1-2H3,(H,24,26). The Morgan fingerprint density at radius 3 is 2.78 bits per heavy atom. The van der Waals surface area contributed by atoms with Crippen molar-refractivity contribution in [2.24, 2.45) is 0 Å². The summed E-state index contributed by atoms with van der Waals surface area (Å²) in [5.41, 5.74) is 5.17. The first-order valence-electron chi connectivity index (χ1n) is 10.3. The molecule has 0 spiro atoms. The number of aromatic amines is 1. The van der Waals surface area contributed by atoms with Gasteiger partial charge in [0.05, 0.1) is 24.1 Å². The largest absolute Gasteiger partial charge is 0.486 e. The topological polar surface area (TPSA) is 98.4 Å². The number of rotatable bonds is 8. The number of aryl methyl sites for hydroxylation is 2. The maximum absolute atomic E-state index is 12.7. The number of nitrogens with one attached hydrogen (secondary N) is 1. The lowest BCUT2D eigenvalue weighted by Crippen LogP contribution is -2.15. The van der Waals surface area contributed by atoms with Gasteiger partial charge in [0.2, 0.25) is 0 Å². The van der Waals surface area contributed by atoms with Crippen LogP contribution in [-0.2, 0) is 40.4 Å². The highest BCUT2D eigenvalue weighted by atomic mass is 32.2. The van der Waals surface area contributed by atoms with Gasteiger partial charge in [0.25, 0.3) is 15.7 Å². The third-order valence-corrected chi connectivity index (χ3v) is 6.61. The van der Waals surface area contributed by atoms with Crippen LogP contribution in [0.15, 0.2) is 40.6 Å². The molecule has 168 valence electrons. The molecule has 0 unspecified atom stereocenters.